The van der Waals surface area contributed by atoms with Gasteiger partial charge in [0.2, 0.25) is 0 Å². The number of β-amino-alcohol motifs (C(OH)–C–C–N with tert-alkyl or cyclic N) is 1. The van der Waals surface area contributed by atoms with Gasteiger partial charge in [0.15, 0.2) is 0 Å². The Morgan fingerprint density at radius 2 is 1.85 bits per heavy atom. The Kier molecular flexibility index (Phi) is 4.84. The SMILES string of the molecule is Cc1sc2ncnc(N3CCN(CCO)CC3)c2c1-c1ccc(F)cc1. The van der Waals surface area contributed by atoms with Crippen molar-refractivity contribution in [3.05, 3.63) is 41.3 Å². The van der Waals surface area contributed by atoms with Crippen molar-refractivity contribution in [1.29, 1.82) is 0 Å². The molecule has 2 aromatic heterocycles. The first-order chi connectivity index (χ1) is 12.7. The summed E-state index contributed by atoms with van der Waals surface area (Å²) in [6.45, 7) is 6.52. The van der Waals surface area contributed by atoms with E-state index in [-0.39, 0.29) is 12.4 Å². The average Bonchev–Trinajstić information content (AvgIpc) is 2.99. The van der Waals surface area contributed by atoms with Crippen LogP contribution in [0.2, 0.25) is 0 Å². The topological polar surface area (TPSA) is 52.5 Å². The molecule has 0 unspecified atom stereocenters. The highest BCUT2D eigenvalue weighted by Crippen LogP contribution is 2.41. The fraction of sp³-hybridized carbons (Fsp3) is 0.368. The van der Waals surface area contributed by atoms with E-state index in [1.54, 1.807) is 17.7 Å². The molecule has 0 saturated carbocycles. The molecule has 1 aliphatic rings. The normalized spacial score (nSPS) is 15.7. The number of aryl methyl sites for hydroxylation is 1. The highest BCUT2D eigenvalue weighted by molar-refractivity contribution is 7.19. The lowest BCUT2D eigenvalue weighted by Crippen LogP contribution is -2.47. The third kappa shape index (κ3) is 3.18. The zero-order chi connectivity index (χ0) is 18.1. The second-order valence-electron chi connectivity index (χ2n) is 6.47. The number of piperazine rings is 1. The summed E-state index contributed by atoms with van der Waals surface area (Å²) in [6.07, 6.45) is 1.63. The Morgan fingerprint density at radius 3 is 2.54 bits per heavy atom. The van der Waals surface area contributed by atoms with Crippen molar-refractivity contribution < 1.29 is 9.50 Å². The summed E-state index contributed by atoms with van der Waals surface area (Å²) in [4.78, 5) is 15.7. The monoisotopic (exact) mass is 372 g/mol. The van der Waals surface area contributed by atoms with E-state index in [1.807, 2.05) is 12.1 Å². The second kappa shape index (κ2) is 7.26. The van der Waals surface area contributed by atoms with Crippen LogP contribution in [0.5, 0.6) is 0 Å². The molecule has 5 nitrogen and oxygen atoms in total. The number of nitrogens with zero attached hydrogens (tertiary/aromatic N) is 4. The fourth-order valence-corrected chi connectivity index (χ4v) is 4.56. The van der Waals surface area contributed by atoms with Crippen LogP contribution < -0.4 is 4.90 Å². The fourth-order valence-electron chi connectivity index (χ4n) is 3.56. The second-order valence-corrected chi connectivity index (χ2v) is 7.67. The maximum absolute atomic E-state index is 13.4. The molecule has 0 atom stereocenters. The molecule has 0 radical (unpaired) electrons. The minimum Gasteiger partial charge on any atom is -0.395 e. The molecule has 1 N–H and O–H groups in total. The molecule has 0 spiro atoms. The number of hydrogen-bond acceptors (Lipinski definition) is 6. The van der Waals surface area contributed by atoms with Crippen LogP contribution >= 0.6 is 11.3 Å². The molecule has 0 bridgehead atoms. The van der Waals surface area contributed by atoms with Gasteiger partial charge < -0.3 is 10.0 Å². The lowest BCUT2D eigenvalue weighted by molar-refractivity contribution is 0.188. The molecule has 3 aromatic rings. The molecule has 1 fully saturated rings. The molecule has 7 heteroatoms. The van der Waals surface area contributed by atoms with Gasteiger partial charge in [-0.25, -0.2) is 14.4 Å². The lowest BCUT2D eigenvalue weighted by atomic mass is 10.0. The number of anilines is 1. The summed E-state index contributed by atoms with van der Waals surface area (Å²) in [5, 5.41) is 10.2. The van der Waals surface area contributed by atoms with Crippen LogP contribution in [0.25, 0.3) is 21.3 Å². The van der Waals surface area contributed by atoms with Crippen molar-refractivity contribution in [2.75, 3.05) is 44.2 Å². The predicted octanol–water partition coefficient (Wildman–Crippen LogP) is 2.92. The summed E-state index contributed by atoms with van der Waals surface area (Å²) >= 11 is 1.65. The standard InChI is InChI=1S/C19H21FN4OS/c1-13-16(14-2-4-15(20)5-3-14)17-18(21-12-22-19(17)26-13)24-8-6-23(7-9-24)10-11-25/h2-5,12,25H,6-11H2,1H3. The van der Waals surface area contributed by atoms with E-state index < -0.39 is 0 Å². The quantitative estimate of drug-likeness (QED) is 0.763. The number of thiophene rings is 1. The molecule has 0 amide bonds. The zero-order valence-electron chi connectivity index (χ0n) is 14.7. The number of aromatic nitrogens is 2. The van der Waals surface area contributed by atoms with Crippen molar-refractivity contribution >= 4 is 27.4 Å². The number of halogens is 1. The highest BCUT2D eigenvalue weighted by atomic mass is 32.1. The van der Waals surface area contributed by atoms with Gasteiger partial charge in [-0.05, 0) is 24.6 Å². The van der Waals surface area contributed by atoms with Crippen LogP contribution in [0.4, 0.5) is 10.2 Å². The van der Waals surface area contributed by atoms with Gasteiger partial charge in [-0.1, -0.05) is 12.1 Å². The van der Waals surface area contributed by atoms with Gasteiger partial charge in [0, 0.05) is 43.2 Å². The van der Waals surface area contributed by atoms with Gasteiger partial charge in [-0.2, -0.15) is 0 Å². The molecule has 1 aliphatic heterocycles. The summed E-state index contributed by atoms with van der Waals surface area (Å²) in [5.41, 5.74) is 2.09. The van der Waals surface area contributed by atoms with Crippen molar-refractivity contribution in [2.45, 2.75) is 6.92 Å². The van der Waals surface area contributed by atoms with Crippen LogP contribution in [0, 0.1) is 12.7 Å². The van der Waals surface area contributed by atoms with Crippen molar-refractivity contribution in [1.82, 2.24) is 14.9 Å². The maximum Gasteiger partial charge on any atom is 0.141 e. The first kappa shape index (κ1) is 17.3. The molecule has 1 aromatic carbocycles. The van der Waals surface area contributed by atoms with E-state index in [2.05, 4.69) is 26.7 Å². The highest BCUT2D eigenvalue weighted by Gasteiger charge is 2.23. The van der Waals surface area contributed by atoms with Crippen LogP contribution in [0.3, 0.4) is 0 Å². The molecule has 0 aliphatic carbocycles. The minimum absolute atomic E-state index is 0.191. The van der Waals surface area contributed by atoms with Gasteiger partial charge in [0.1, 0.15) is 22.8 Å². The number of rotatable bonds is 4. The molecular formula is C19H21FN4OS. The Labute approximate surface area is 155 Å². The first-order valence-corrected chi connectivity index (χ1v) is 9.57. The summed E-state index contributed by atoms with van der Waals surface area (Å²) in [6, 6.07) is 6.63. The van der Waals surface area contributed by atoms with Crippen LogP contribution in [0.15, 0.2) is 30.6 Å². The van der Waals surface area contributed by atoms with Crippen molar-refractivity contribution in [3.63, 3.8) is 0 Å². The van der Waals surface area contributed by atoms with Crippen molar-refractivity contribution in [3.8, 4) is 11.1 Å². The third-order valence-corrected chi connectivity index (χ3v) is 5.88. The molecule has 3 heterocycles. The summed E-state index contributed by atoms with van der Waals surface area (Å²) in [7, 11) is 0. The molecular weight excluding hydrogens is 351 g/mol. The van der Waals surface area contributed by atoms with Gasteiger partial charge >= 0.3 is 0 Å². The zero-order valence-corrected chi connectivity index (χ0v) is 15.5. The van der Waals surface area contributed by atoms with Gasteiger partial charge in [0.25, 0.3) is 0 Å². The first-order valence-electron chi connectivity index (χ1n) is 8.75. The third-order valence-electron chi connectivity index (χ3n) is 4.87. The Morgan fingerprint density at radius 1 is 1.12 bits per heavy atom. The largest absolute Gasteiger partial charge is 0.395 e. The maximum atomic E-state index is 13.4. The molecule has 1 saturated heterocycles. The number of benzene rings is 1. The number of aliphatic hydroxyl groups is 1. The predicted molar refractivity (Wildman–Crippen MR) is 103 cm³/mol. The number of fused-ring (bicyclic) bond motifs is 1. The Balaban J connectivity index is 1.75. The number of aliphatic hydroxyl groups excluding tert-OH is 1. The molecule has 136 valence electrons. The van der Waals surface area contributed by atoms with Gasteiger partial charge in [-0.3, -0.25) is 4.90 Å². The van der Waals surface area contributed by atoms with Crippen LogP contribution in [0.1, 0.15) is 4.88 Å². The van der Waals surface area contributed by atoms with E-state index in [9.17, 15) is 4.39 Å². The molecule has 26 heavy (non-hydrogen) atoms. The van der Waals surface area contributed by atoms with Gasteiger partial charge in [-0.15, -0.1) is 11.3 Å². The van der Waals surface area contributed by atoms with E-state index >= 15 is 0 Å². The van der Waals surface area contributed by atoms with E-state index in [4.69, 9.17) is 5.11 Å². The summed E-state index contributed by atoms with van der Waals surface area (Å²) < 4.78 is 13.4. The number of hydrogen-bond donors (Lipinski definition) is 1. The van der Waals surface area contributed by atoms with E-state index in [0.29, 0.717) is 6.54 Å². The van der Waals surface area contributed by atoms with Gasteiger partial charge in [0.05, 0.1) is 12.0 Å². The smallest absolute Gasteiger partial charge is 0.141 e. The lowest BCUT2D eigenvalue weighted by Gasteiger charge is -2.35. The van der Waals surface area contributed by atoms with E-state index in [1.165, 1.54) is 12.1 Å². The Hall–Kier alpha value is -2.09. The van der Waals surface area contributed by atoms with E-state index in [0.717, 1.165) is 58.2 Å². The summed E-state index contributed by atoms with van der Waals surface area (Å²) in [5.74, 6) is 0.713. The van der Waals surface area contributed by atoms with Crippen molar-refractivity contribution in [2.24, 2.45) is 0 Å². The Bertz CT molecular complexity index is 904. The molecule has 4 rings (SSSR count). The average molecular weight is 372 g/mol. The van der Waals surface area contributed by atoms with Crippen LogP contribution in [-0.4, -0.2) is 59.3 Å². The minimum atomic E-state index is -0.234. The van der Waals surface area contributed by atoms with Crippen LogP contribution in [-0.2, 0) is 0 Å².